The number of methoxy groups -OCH3 is 1. The molecule has 0 bridgehead atoms. The van der Waals surface area contributed by atoms with Crippen molar-refractivity contribution in [1.82, 2.24) is 21.1 Å². The molecule has 5 atom stereocenters. The molecule has 2 aromatic carbocycles. The Morgan fingerprint density at radius 3 is 1.79 bits per heavy atom. The van der Waals surface area contributed by atoms with Gasteiger partial charge in [-0.2, -0.15) is 0 Å². The standard InChI is InChI=1S/C39H59N5O8/c1-8-28(6)36(44(34(45)20-19-31(40)21-26(2)3)43-39(49)52-25-30-17-13-10-14-18-30)37(47)41-32(22-27(4)5)33(23-35(46)50-7)42-38(48)51-24-29-15-11-9-12-16-29/h9-18,26-28,31-33,36H,8,19-25,40H2,1-7H3,(H,41,47)(H,42,48)(H,43,49)/t28-,31?,32-,33-,36-/m0/s1. The SMILES string of the molecule is CC[C@H](C)[C@@H](C(=O)N[C@@H](CC(C)C)[C@H](CC(=O)OC)NC(=O)OCc1ccccc1)N(NC(=O)OCc1ccccc1)C(=O)CCC(N)CC(C)C. The second-order valence-electron chi connectivity index (χ2n) is 14.0. The monoisotopic (exact) mass is 725 g/mol. The average Bonchev–Trinajstić information content (AvgIpc) is 3.11. The summed E-state index contributed by atoms with van der Waals surface area (Å²) in [5.41, 5.74) is 10.4. The van der Waals surface area contributed by atoms with E-state index in [9.17, 15) is 24.0 Å². The van der Waals surface area contributed by atoms with E-state index in [1.54, 1.807) is 19.1 Å². The molecule has 13 heteroatoms. The summed E-state index contributed by atoms with van der Waals surface area (Å²) in [6.45, 7) is 11.6. The van der Waals surface area contributed by atoms with Crippen LogP contribution in [-0.4, -0.2) is 66.3 Å². The molecule has 2 rings (SSSR count). The van der Waals surface area contributed by atoms with Gasteiger partial charge in [0, 0.05) is 12.5 Å². The van der Waals surface area contributed by atoms with E-state index in [2.05, 4.69) is 16.1 Å². The molecule has 1 unspecified atom stereocenters. The van der Waals surface area contributed by atoms with Crippen molar-refractivity contribution in [2.75, 3.05) is 7.11 Å². The highest BCUT2D eigenvalue weighted by Crippen LogP contribution is 2.20. The van der Waals surface area contributed by atoms with Crippen molar-refractivity contribution in [3.05, 3.63) is 71.8 Å². The number of carbonyl (C=O) groups is 5. The van der Waals surface area contributed by atoms with Crippen LogP contribution in [0.3, 0.4) is 0 Å². The summed E-state index contributed by atoms with van der Waals surface area (Å²) in [6, 6.07) is 15.0. The van der Waals surface area contributed by atoms with Crippen LogP contribution in [0.5, 0.6) is 0 Å². The Labute approximate surface area is 308 Å². The lowest BCUT2D eigenvalue weighted by atomic mass is 9.92. The van der Waals surface area contributed by atoms with Crippen LogP contribution in [0.25, 0.3) is 0 Å². The molecule has 0 saturated carbocycles. The highest BCUT2D eigenvalue weighted by atomic mass is 16.6. The topological polar surface area (TPSA) is 178 Å². The van der Waals surface area contributed by atoms with E-state index in [0.29, 0.717) is 31.6 Å². The van der Waals surface area contributed by atoms with E-state index in [-0.39, 0.29) is 38.0 Å². The molecule has 5 N–H and O–H groups in total. The molecule has 0 aliphatic carbocycles. The normalized spacial score (nSPS) is 14.0. The van der Waals surface area contributed by atoms with Crippen LogP contribution in [0.4, 0.5) is 9.59 Å². The third kappa shape index (κ3) is 16.1. The van der Waals surface area contributed by atoms with Gasteiger partial charge < -0.3 is 30.6 Å². The van der Waals surface area contributed by atoms with E-state index in [1.807, 2.05) is 83.1 Å². The van der Waals surface area contributed by atoms with Gasteiger partial charge in [0.25, 0.3) is 0 Å². The highest BCUT2D eigenvalue weighted by molar-refractivity contribution is 5.89. The molecule has 288 valence electrons. The zero-order valence-electron chi connectivity index (χ0n) is 31.8. The van der Waals surface area contributed by atoms with Crippen LogP contribution in [0.2, 0.25) is 0 Å². The van der Waals surface area contributed by atoms with E-state index in [0.717, 1.165) is 16.1 Å². The van der Waals surface area contributed by atoms with Gasteiger partial charge in [-0.05, 0) is 48.1 Å². The molecule has 0 spiro atoms. The Balaban J connectivity index is 2.40. The second-order valence-corrected chi connectivity index (χ2v) is 14.0. The largest absolute Gasteiger partial charge is 0.469 e. The lowest BCUT2D eigenvalue weighted by molar-refractivity contribution is -0.146. The lowest BCUT2D eigenvalue weighted by Crippen LogP contribution is -2.62. The van der Waals surface area contributed by atoms with Gasteiger partial charge in [-0.15, -0.1) is 0 Å². The van der Waals surface area contributed by atoms with E-state index in [4.69, 9.17) is 19.9 Å². The Bertz CT molecular complexity index is 1390. The van der Waals surface area contributed by atoms with Crippen molar-refractivity contribution in [2.45, 2.75) is 117 Å². The maximum atomic E-state index is 14.4. The van der Waals surface area contributed by atoms with Crippen LogP contribution in [0.1, 0.15) is 91.2 Å². The third-order valence-corrected chi connectivity index (χ3v) is 8.60. The maximum Gasteiger partial charge on any atom is 0.426 e. The molecule has 0 aliphatic heterocycles. The number of hydrogen-bond donors (Lipinski definition) is 4. The third-order valence-electron chi connectivity index (χ3n) is 8.60. The minimum absolute atomic E-state index is 0.00114. The van der Waals surface area contributed by atoms with Crippen molar-refractivity contribution >= 4 is 30.0 Å². The van der Waals surface area contributed by atoms with E-state index >= 15 is 0 Å². The summed E-state index contributed by atoms with van der Waals surface area (Å²) in [6.07, 6.45) is -0.106. The summed E-state index contributed by atoms with van der Waals surface area (Å²) in [5.74, 6) is -1.80. The first-order valence-corrected chi connectivity index (χ1v) is 18.1. The van der Waals surface area contributed by atoms with Crippen molar-refractivity contribution < 1.29 is 38.2 Å². The first kappa shape index (κ1) is 43.5. The number of alkyl carbamates (subject to hydrolysis) is 1. The number of ether oxygens (including phenoxy) is 3. The molecular weight excluding hydrogens is 666 g/mol. The fourth-order valence-electron chi connectivity index (χ4n) is 5.72. The Morgan fingerprint density at radius 2 is 1.29 bits per heavy atom. The summed E-state index contributed by atoms with van der Waals surface area (Å²) < 4.78 is 15.8. The van der Waals surface area contributed by atoms with Gasteiger partial charge in [0.05, 0.1) is 25.6 Å². The minimum Gasteiger partial charge on any atom is -0.469 e. The number of nitrogens with zero attached hydrogens (tertiary/aromatic N) is 1. The molecular formula is C39H59N5O8. The molecule has 0 aliphatic rings. The molecule has 52 heavy (non-hydrogen) atoms. The zero-order chi connectivity index (χ0) is 38.6. The van der Waals surface area contributed by atoms with Gasteiger partial charge in [0.2, 0.25) is 11.8 Å². The fraction of sp³-hybridized carbons (Fsp3) is 0.564. The van der Waals surface area contributed by atoms with Gasteiger partial charge in [0.15, 0.2) is 0 Å². The van der Waals surface area contributed by atoms with Crippen molar-refractivity contribution in [2.24, 2.45) is 23.5 Å². The Hall–Kier alpha value is -4.65. The van der Waals surface area contributed by atoms with Gasteiger partial charge in [-0.3, -0.25) is 14.4 Å². The zero-order valence-corrected chi connectivity index (χ0v) is 31.8. The molecule has 0 saturated heterocycles. The quantitative estimate of drug-likeness (QED) is 0.0767. The number of amides is 4. The minimum atomic E-state index is -1.18. The molecule has 4 amide bonds. The number of nitrogens with one attached hydrogen (secondary N) is 3. The molecule has 2 aromatic rings. The van der Waals surface area contributed by atoms with Gasteiger partial charge in [-0.1, -0.05) is 109 Å². The highest BCUT2D eigenvalue weighted by Gasteiger charge is 2.38. The van der Waals surface area contributed by atoms with Crippen LogP contribution < -0.4 is 21.8 Å². The fourth-order valence-corrected chi connectivity index (χ4v) is 5.72. The summed E-state index contributed by atoms with van der Waals surface area (Å²) in [5, 5.41) is 6.80. The number of carbonyl (C=O) groups excluding carboxylic acids is 5. The van der Waals surface area contributed by atoms with E-state index in [1.165, 1.54) is 7.11 Å². The van der Waals surface area contributed by atoms with Crippen LogP contribution >= 0.6 is 0 Å². The Kier molecular flexibility index (Phi) is 19.3. The molecule has 0 heterocycles. The van der Waals surface area contributed by atoms with E-state index < -0.39 is 54.0 Å². The predicted octanol–water partition coefficient (Wildman–Crippen LogP) is 5.61. The van der Waals surface area contributed by atoms with Gasteiger partial charge in [-0.25, -0.2) is 20.0 Å². The summed E-state index contributed by atoms with van der Waals surface area (Å²) >= 11 is 0. The van der Waals surface area contributed by atoms with Gasteiger partial charge in [0.1, 0.15) is 19.3 Å². The first-order valence-electron chi connectivity index (χ1n) is 18.1. The molecule has 13 nitrogen and oxygen atoms in total. The number of rotatable bonds is 20. The maximum absolute atomic E-state index is 14.4. The second kappa shape index (κ2) is 23.0. The summed E-state index contributed by atoms with van der Waals surface area (Å²) in [7, 11) is 1.24. The number of hydrogen-bond acceptors (Lipinski definition) is 9. The number of nitrogens with two attached hydrogens (primary N) is 1. The van der Waals surface area contributed by atoms with Crippen LogP contribution in [0.15, 0.2) is 60.7 Å². The van der Waals surface area contributed by atoms with Crippen LogP contribution in [-0.2, 0) is 41.8 Å². The molecule has 0 aromatic heterocycles. The Morgan fingerprint density at radius 1 is 0.750 bits per heavy atom. The first-order chi connectivity index (χ1) is 24.7. The number of hydrazine groups is 1. The van der Waals surface area contributed by atoms with Gasteiger partial charge >= 0.3 is 18.2 Å². The summed E-state index contributed by atoms with van der Waals surface area (Å²) in [4.78, 5) is 67.1. The van der Waals surface area contributed by atoms with Crippen LogP contribution in [0, 0.1) is 17.8 Å². The van der Waals surface area contributed by atoms with Crippen molar-refractivity contribution in [3.8, 4) is 0 Å². The molecule has 0 radical (unpaired) electrons. The van der Waals surface area contributed by atoms with Crippen molar-refractivity contribution in [3.63, 3.8) is 0 Å². The smallest absolute Gasteiger partial charge is 0.426 e. The number of benzene rings is 2. The molecule has 0 fully saturated rings. The predicted molar refractivity (Wildman–Crippen MR) is 198 cm³/mol. The average molecular weight is 726 g/mol. The van der Waals surface area contributed by atoms with Crippen molar-refractivity contribution in [1.29, 1.82) is 0 Å². The lowest BCUT2D eigenvalue weighted by Gasteiger charge is -2.36. The number of esters is 1.